The van der Waals surface area contributed by atoms with E-state index in [0.29, 0.717) is 47.4 Å². The summed E-state index contributed by atoms with van der Waals surface area (Å²) in [6.07, 6.45) is 3.33. The van der Waals surface area contributed by atoms with Crippen LogP contribution in [0.15, 0.2) is 46.0 Å². The maximum atomic E-state index is 13.8. The molecule has 0 aliphatic carbocycles. The van der Waals surface area contributed by atoms with Crippen LogP contribution in [-0.4, -0.2) is 66.7 Å². The van der Waals surface area contributed by atoms with Gasteiger partial charge in [-0.1, -0.05) is 17.7 Å². The predicted molar refractivity (Wildman–Crippen MR) is 127 cm³/mol. The normalized spacial score (nSPS) is 27.2. The average molecular weight is 506 g/mol. The van der Waals surface area contributed by atoms with Gasteiger partial charge in [-0.15, -0.1) is 11.3 Å². The molecular weight excluding hydrogens is 481 g/mol. The summed E-state index contributed by atoms with van der Waals surface area (Å²) >= 11 is 7.85. The lowest BCUT2D eigenvalue weighted by molar-refractivity contribution is -0.136. The van der Waals surface area contributed by atoms with Gasteiger partial charge in [0.25, 0.3) is 0 Å². The largest absolute Gasteiger partial charge is 0.466 e. The fraction of sp³-hybridized carbons (Fsp3) is 0.435. The van der Waals surface area contributed by atoms with Crippen LogP contribution in [0.25, 0.3) is 0 Å². The smallest absolute Gasteiger partial charge is 0.338 e. The van der Waals surface area contributed by atoms with Gasteiger partial charge in [-0.3, -0.25) is 9.89 Å². The lowest BCUT2D eigenvalue weighted by Gasteiger charge is -2.48. The summed E-state index contributed by atoms with van der Waals surface area (Å²) in [5, 5.41) is 6.06. The van der Waals surface area contributed by atoms with Crippen LogP contribution in [0, 0.1) is 5.82 Å². The first kappa shape index (κ1) is 23.4. The van der Waals surface area contributed by atoms with Crippen molar-refractivity contribution in [3.05, 3.63) is 62.5 Å². The van der Waals surface area contributed by atoms with Crippen LogP contribution in [-0.2, 0) is 14.3 Å². The molecule has 2 bridgehead atoms. The number of rotatable bonds is 5. The molecule has 5 rings (SSSR count). The summed E-state index contributed by atoms with van der Waals surface area (Å²) in [7, 11) is 1.33. The van der Waals surface area contributed by atoms with E-state index in [-0.39, 0.29) is 23.1 Å². The van der Waals surface area contributed by atoms with Crippen LogP contribution >= 0.6 is 22.9 Å². The highest BCUT2D eigenvalue weighted by molar-refractivity contribution is 7.11. The van der Waals surface area contributed by atoms with Crippen LogP contribution in [0.4, 0.5) is 4.39 Å². The van der Waals surface area contributed by atoms with Crippen LogP contribution in [0.1, 0.15) is 29.5 Å². The number of fused-ring (bicyclic) bond motifs is 2. The van der Waals surface area contributed by atoms with Gasteiger partial charge in [0.15, 0.2) is 10.8 Å². The highest BCUT2D eigenvalue weighted by Crippen LogP contribution is 2.38. The average Bonchev–Trinajstić information content (AvgIpc) is 3.34. The number of methoxy groups -OCH3 is 1. The summed E-state index contributed by atoms with van der Waals surface area (Å²) in [6, 6.07) is 3.72. The number of piperidine rings is 1. The highest BCUT2D eigenvalue weighted by Gasteiger charge is 2.41. The third-order valence-electron chi connectivity index (χ3n) is 6.47. The second-order valence-electron chi connectivity index (χ2n) is 8.64. The third kappa shape index (κ3) is 4.48. The standard InChI is InChI=1S/C23H25ClFN5O3S/c1-32-23(31)19-18(9-30-14-7-13(26)8-15(30)11-33-10-14)28-21(22-27-4-5-34-22)29-20(19)16-3-2-12(25)6-17(16)24/h2-6,13-15,20H,7-11,26H2,1H3,(H,28,29)/t13-,14+,15-,20-/m0/s1. The molecule has 180 valence electrons. The molecule has 4 heterocycles. The summed E-state index contributed by atoms with van der Waals surface area (Å²) in [5.74, 6) is -0.462. The van der Waals surface area contributed by atoms with E-state index in [1.807, 2.05) is 5.38 Å². The van der Waals surface area contributed by atoms with Gasteiger partial charge in [0.05, 0.1) is 25.9 Å². The van der Waals surface area contributed by atoms with Gasteiger partial charge >= 0.3 is 5.97 Å². The molecule has 0 amide bonds. The van der Waals surface area contributed by atoms with Crippen molar-refractivity contribution < 1.29 is 18.7 Å². The molecular formula is C23H25ClFN5O3S. The second-order valence-corrected chi connectivity index (χ2v) is 9.94. The minimum Gasteiger partial charge on any atom is -0.466 e. The van der Waals surface area contributed by atoms with E-state index in [1.165, 1.54) is 30.6 Å². The molecule has 2 aromatic rings. The van der Waals surface area contributed by atoms with Gasteiger partial charge in [0.1, 0.15) is 11.9 Å². The number of thiazole rings is 1. The third-order valence-corrected chi connectivity index (χ3v) is 7.58. The Bertz CT molecular complexity index is 1130. The number of hydrogen-bond donors (Lipinski definition) is 2. The molecule has 2 fully saturated rings. The van der Waals surface area contributed by atoms with Crippen molar-refractivity contribution in [2.45, 2.75) is 37.0 Å². The topological polar surface area (TPSA) is 102 Å². The van der Waals surface area contributed by atoms with Crippen LogP contribution in [0.3, 0.4) is 0 Å². The number of benzene rings is 1. The lowest BCUT2D eigenvalue weighted by atomic mass is 9.89. The Morgan fingerprint density at radius 3 is 2.79 bits per heavy atom. The van der Waals surface area contributed by atoms with Crippen molar-refractivity contribution in [1.29, 1.82) is 0 Å². The number of hydrogen-bond acceptors (Lipinski definition) is 9. The van der Waals surface area contributed by atoms with E-state index in [4.69, 9.17) is 31.8 Å². The lowest BCUT2D eigenvalue weighted by Crippen LogP contribution is -2.60. The number of aliphatic imine (C=N–C) groups is 1. The Morgan fingerprint density at radius 2 is 2.15 bits per heavy atom. The van der Waals surface area contributed by atoms with E-state index in [9.17, 15) is 9.18 Å². The Balaban J connectivity index is 1.60. The number of nitrogens with zero attached hydrogens (tertiary/aromatic N) is 3. The first-order valence-corrected chi connectivity index (χ1v) is 12.3. The zero-order chi connectivity index (χ0) is 23.8. The molecule has 3 aliphatic rings. The number of halogens is 2. The Kier molecular flexibility index (Phi) is 6.67. The van der Waals surface area contributed by atoms with Gasteiger partial charge in [-0.2, -0.15) is 0 Å². The van der Waals surface area contributed by atoms with Crippen LogP contribution < -0.4 is 11.1 Å². The van der Waals surface area contributed by atoms with Gasteiger partial charge in [0, 0.05) is 52.5 Å². The van der Waals surface area contributed by atoms with Crippen molar-refractivity contribution in [3.63, 3.8) is 0 Å². The Hall–Kier alpha value is -2.37. The quantitative estimate of drug-likeness (QED) is 0.602. The fourth-order valence-corrected chi connectivity index (χ4v) is 5.80. The molecule has 0 radical (unpaired) electrons. The number of carbonyl (C=O) groups is 1. The van der Waals surface area contributed by atoms with Crippen molar-refractivity contribution in [2.24, 2.45) is 10.7 Å². The van der Waals surface area contributed by atoms with Crippen molar-refractivity contribution >= 4 is 34.7 Å². The van der Waals surface area contributed by atoms with Crippen molar-refractivity contribution in [1.82, 2.24) is 15.2 Å². The molecule has 3 aliphatic heterocycles. The molecule has 8 nitrogen and oxygen atoms in total. The zero-order valence-electron chi connectivity index (χ0n) is 18.5. The number of nitrogens with two attached hydrogens (primary N) is 1. The zero-order valence-corrected chi connectivity index (χ0v) is 20.1. The molecule has 0 unspecified atom stereocenters. The molecule has 1 aromatic heterocycles. The predicted octanol–water partition coefficient (Wildman–Crippen LogP) is 2.64. The number of amidine groups is 1. The number of carbonyl (C=O) groups excluding carboxylic acids is 1. The minimum atomic E-state index is -0.779. The number of ether oxygens (including phenoxy) is 2. The van der Waals surface area contributed by atoms with E-state index < -0.39 is 17.8 Å². The summed E-state index contributed by atoms with van der Waals surface area (Å²) < 4.78 is 24.8. The number of esters is 1. The van der Waals surface area contributed by atoms with Gasteiger partial charge < -0.3 is 20.5 Å². The van der Waals surface area contributed by atoms with Crippen LogP contribution in [0.5, 0.6) is 0 Å². The number of aromatic nitrogens is 1. The van der Waals surface area contributed by atoms with Crippen molar-refractivity contribution in [3.8, 4) is 0 Å². The molecule has 0 saturated carbocycles. The number of nitrogens with one attached hydrogen (secondary N) is 1. The highest BCUT2D eigenvalue weighted by atomic mass is 35.5. The maximum Gasteiger partial charge on any atom is 0.338 e. The summed E-state index contributed by atoms with van der Waals surface area (Å²) in [4.78, 5) is 24.6. The van der Waals surface area contributed by atoms with E-state index in [0.717, 1.165) is 12.8 Å². The molecule has 0 spiro atoms. The van der Waals surface area contributed by atoms with E-state index in [1.54, 1.807) is 12.3 Å². The maximum absolute atomic E-state index is 13.8. The molecule has 4 atom stereocenters. The molecule has 11 heteroatoms. The molecule has 3 N–H and O–H groups in total. The first-order chi connectivity index (χ1) is 16.4. The Morgan fingerprint density at radius 1 is 1.38 bits per heavy atom. The van der Waals surface area contributed by atoms with Crippen LogP contribution in [0.2, 0.25) is 5.02 Å². The van der Waals surface area contributed by atoms with Gasteiger partial charge in [-0.05, 0) is 25.0 Å². The second kappa shape index (κ2) is 9.71. The summed E-state index contributed by atoms with van der Waals surface area (Å²) in [5.41, 5.74) is 7.79. The van der Waals surface area contributed by atoms with Gasteiger partial charge in [0.2, 0.25) is 0 Å². The fourth-order valence-electron chi connectivity index (χ4n) is 4.94. The van der Waals surface area contributed by atoms with Crippen molar-refractivity contribution in [2.75, 3.05) is 26.9 Å². The minimum absolute atomic E-state index is 0.127. The molecule has 2 saturated heterocycles. The Labute approximate surface area is 205 Å². The van der Waals surface area contributed by atoms with E-state index in [2.05, 4.69) is 15.2 Å². The van der Waals surface area contributed by atoms with E-state index >= 15 is 0 Å². The SMILES string of the molecule is COC(=O)C1=C(CN2[C@@H]3COC[C@H]2C[C@H](N)C3)NC(c2nccs2)=N[C@H]1c1ccc(F)cc1Cl. The molecule has 34 heavy (non-hydrogen) atoms. The molecule has 1 aromatic carbocycles. The monoisotopic (exact) mass is 505 g/mol. The van der Waals surface area contributed by atoms with Gasteiger partial charge in [-0.25, -0.2) is 14.2 Å². The number of morpholine rings is 1. The first-order valence-electron chi connectivity index (χ1n) is 11.0. The summed E-state index contributed by atoms with van der Waals surface area (Å²) in [6.45, 7) is 1.63.